The summed E-state index contributed by atoms with van der Waals surface area (Å²) in [5.74, 6) is -0.107. The molecule has 0 aromatic carbocycles. The van der Waals surface area contributed by atoms with Crippen molar-refractivity contribution in [1.82, 2.24) is 4.98 Å². The number of pyridine rings is 1. The zero-order chi connectivity index (χ0) is 10.8. The Balaban J connectivity index is 2.51. The van der Waals surface area contributed by atoms with Crippen LogP contribution in [0, 0.1) is 11.3 Å². The van der Waals surface area contributed by atoms with Crippen LogP contribution in [0.25, 0.3) is 10.6 Å². The van der Waals surface area contributed by atoms with Gasteiger partial charge in [0.05, 0.1) is 26.7 Å². The third kappa shape index (κ3) is 1.94. The monoisotopic (exact) mass is 236 g/mol. The second-order valence-electron chi connectivity index (χ2n) is 2.80. The smallest absolute Gasteiger partial charge is 0.151 e. The molecular weight excluding hydrogens is 232 g/mol. The first-order chi connectivity index (χ1) is 7.20. The van der Waals surface area contributed by atoms with E-state index in [1.165, 1.54) is 23.6 Å². The highest BCUT2D eigenvalue weighted by atomic mass is 35.5. The molecule has 15 heavy (non-hydrogen) atoms. The number of rotatable bonds is 1. The topological polar surface area (TPSA) is 56.9 Å². The number of nitrogens with zero attached hydrogens (tertiary/aromatic N) is 2. The van der Waals surface area contributed by atoms with E-state index in [1.807, 2.05) is 12.1 Å². The zero-order valence-electron chi connectivity index (χ0n) is 7.44. The molecule has 2 aromatic rings. The lowest BCUT2D eigenvalue weighted by molar-refractivity contribution is 0.471. The quantitative estimate of drug-likeness (QED) is 0.828. The zero-order valence-corrected chi connectivity index (χ0v) is 9.01. The number of thiophene rings is 1. The van der Waals surface area contributed by atoms with Crippen LogP contribution in [0.4, 0.5) is 0 Å². The van der Waals surface area contributed by atoms with Crippen LogP contribution in [0.15, 0.2) is 24.4 Å². The van der Waals surface area contributed by atoms with Gasteiger partial charge in [0.2, 0.25) is 0 Å². The molecule has 74 valence electrons. The lowest BCUT2D eigenvalue weighted by Gasteiger charge is -1.98. The van der Waals surface area contributed by atoms with Gasteiger partial charge in [0.1, 0.15) is 6.07 Å². The second kappa shape index (κ2) is 3.89. The van der Waals surface area contributed by atoms with E-state index in [1.54, 1.807) is 6.07 Å². The Bertz CT molecular complexity index is 545. The summed E-state index contributed by atoms with van der Waals surface area (Å²) < 4.78 is 0.665. The second-order valence-corrected chi connectivity index (χ2v) is 4.52. The molecule has 0 radical (unpaired) electrons. The lowest BCUT2D eigenvalue weighted by Crippen LogP contribution is -1.83. The number of hydrogen-bond acceptors (Lipinski definition) is 4. The summed E-state index contributed by atoms with van der Waals surface area (Å²) in [7, 11) is 0. The fourth-order valence-corrected chi connectivity index (χ4v) is 2.14. The van der Waals surface area contributed by atoms with Gasteiger partial charge in [-0.1, -0.05) is 11.6 Å². The molecule has 2 aromatic heterocycles. The van der Waals surface area contributed by atoms with Gasteiger partial charge in [0.25, 0.3) is 0 Å². The van der Waals surface area contributed by atoms with Gasteiger partial charge in [0, 0.05) is 0 Å². The molecule has 0 aliphatic heterocycles. The normalized spacial score (nSPS) is 9.87. The van der Waals surface area contributed by atoms with Gasteiger partial charge in [-0.15, -0.1) is 11.3 Å². The summed E-state index contributed by atoms with van der Waals surface area (Å²) in [6, 6.07) is 7.03. The maximum atomic E-state index is 9.28. The van der Waals surface area contributed by atoms with Crippen molar-refractivity contribution in [3.63, 3.8) is 0 Å². The molecule has 5 heteroatoms. The number of nitriles is 1. The average Bonchev–Trinajstić information content (AvgIpc) is 2.66. The molecular formula is C10H5ClN2OS. The third-order valence-corrected chi connectivity index (χ3v) is 3.08. The van der Waals surface area contributed by atoms with E-state index >= 15 is 0 Å². The van der Waals surface area contributed by atoms with Crippen molar-refractivity contribution < 1.29 is 5.11 Å². The van der Waals surface area contributed by atoms with Gasteiger partial charge in [-0.25, -0.2) is 0 Å². The summed E-state index contributed by atoms with van der Waals surface area (Å²) in [5, 5.41) is 18.0. The molecule has 0 fully saturated rings. The van der Waals surface area contributed by atoms with E-state index in [0.717, 1.165) is 4.88 Å². The Hall–Kier alpha value is -1.57. The molecule has 0 atom stereocenters. The molecule has 0 saturated heterocycles. The first kappa shape index (κ1) is 9.97. The summed E-state index contributed by atoms with van der Waals surface area (Å²) in [4.78, 5) is 4.89. The molecule has 2 rings (SSSR count). The molecule has 0 aliphatic rings. The minimum Gasteiger partial charge on any atom is -0.505 e. The first-order valence-corrected chi connectivity index (χ1v) is 5.25. The summed E-state index contributed by atoms with van der Waals surface area (Å²) in [5.41, 5.74) is 0.853. The standard InChI is InChI=1S/C10H5ClN2OS/c11-10-2-1-9(15-10)7-3-6(4-12)8(14)5-13-7/h1-3,5,14H. The predicted molar refractivity (Wildman–Crippen MR) is 58.9 cm³/mol. The molecule has 0 unspecified atom stereocenters. The fourth-order valence-electron chi connectivity index (χ4n) is 1.12. The van der Waals surface area contributed by atoms with Crippen molar-refractivity contribution >= 4 is 22.9 Å². The van der Waals surface area contributed by atoms with Crippen molar-refractivity contribution in [2.45, 2.75) is 0 Å². The van der Waals surface area contributed by atoms with Crippen molar-refractivity contribution in [2.75, 3.05) is 0 Å². The van der Waals surface area contributed by atoms with Crippen LogP contribution in [-0.2, 0) is 0 Å². The molecule has 0 aliphatic carbocycles. The highest BCUT2D eigenvalue weighted by Crippen LogP contribution is 2.31. The molecule has 0 spiro atoms. The van der Waals surface area contributed by atoms with E-state index in [4.69, 9.17) is 16.9 Å². The van der Waals surface area contributed by atoms with Crippen molar-refractivity contribution in [1.29, 1.82) is 5.26 Å². The lowest BCUT2D eigenvalue weighted by atomic mass is 10.2. The number of hydrogen-bond donors (Lipinski definition) is 1. The highest BCUT2D eigenvalue weighted by molar-refractivity contribution is 7.19. The van der Waals surface area contributed by atoms with Gasteiger partial charge in [-0.2, -0.15) is 5.26 Å². The van der Waals surface area contributed by atoms with E-state index in [2.05, 4.69) is 4.98 Å². The van der Waals surface area contributed by atoms with Crippen molar-refractivity contribution in [3.05, 3.63) is 34.3 Å². The van der Waals surface area contributed by atoms with Crippen molar-refractivity contribution in [2.24, 2.45) is 0 Å². The van der Waals surface area contributed by atoms with Gasteiger partial charge in [0.15, 0.2) is 5.75 Å². The van der Waals surface area contributed by atoms with E-state index < -0.39 is 0 Å². The molecule has 2 heterocycles. The first-order valence-electron chi connectivity index (χ1n) is 4.05. The fraction of sp³-hybridized carbons (Fsp3) is 0. The summed E-state index contributed by atoms with van der Waals surface area (Å²) in [6.45, 7) is 0. The van der Waals surface area contributed by atoms with E-state index in [-0.39, 0.29) is 11.3 Å². The van der Waals surface area contributed by atoms with Crippen LogP contribution < -0.4 is 0 Å². The van der Waals surface area contributed by atoms with Crippen LogP contribution in [0.5, 0.6) is 5.75 Å². The van der Waals surface area contributed by atoms with Gasteiger partial charge in [-0.3, -0.25) is 4.98 Å². The van der Waals surface area contributed by atoms with E-state index in [9.17, 15) is 5.11 Å². The van der Waals surface area contributed by atoms with Crippen LogP contribution in [0.3, 0.4) is 0 Å². The Morgan fingerprint density at radius 2 is 2.27 bits per heavy atom. The van der Waals surface area contributed by atoms with Crippen LogP contribution in [0.2, 0.25) is 4.34 Å². The van der Waals surface area contributed by atoms with Crippen LogP contribution in [-0.4, -0.2) is 10.1 Å². The maximum Gasteiger partial charge on any atom is 0.151 e. The summed E-state index contributed by atoms with van der Waals surface area (Å²) >= 11 is 7.17. The largest absolute Gasteiger partial charge is 0.505 e. The van der Waals surface area contributed by atoms with Crippen LogP contribution in [0.1, 0.15) is 5.56 Å². The predicted octanol–water partition coefficient (Wildman–Crippen LogP) is 3.04. The minimum absolute atomic E-state index is 0.107. The summed E-state index contributed by atoms with van der Waals surface area (Å²) in [6.07, 6.45) is 1.27. The molecule has 0 saturated carbocycles. The number of halogens is 1. The SMILES string of the molecule is N#Cc1cc(-c2ccc(Cl)s2)ncc1O. The molecule has 1 N–H and O–H groups in total. The Labute approximate surface area is 95.2 Å². The minimum atomic E-state index is -0.107. The Morgan fingerprint density at radius 1 is 1.47 bits per heavy atom. The third-order valence-electron chi connectivity index (χ3n) is 1.83. The van der Waals surface area contributed by atoms with Crippen LogP contribution >= 0.6 is 22.9 Å². The van der Waals surface area contributed by atoms with Gasteiger partial charge in [-0.05, 0) is 18.2 Å². The average molecular weight is 237 g/mol. The van der Waals surface area contributed by atoms with E-state index in [0.29, 0.717) is 10.0 Å². The Morgan fingerprint density at radius 3 is 2.87 bits per heavy atom. The number of aromatic hydroxyl groups is 1. The van der Waals surface area contributed by atoms with Gasteiger partial charge < -0.3 is 5.11 Å². The molecule has 0 amide bonds. The van der Waals surface area contributed by atoms with Gasteiger partial charge >= 0.3 is 0 Å². The molecule has 0 bridgehead atoms. The Kier molecular flexibility index (Phi) is 2.58. The van der Waals surface area contributed by atoms with Crippen molar-refractivity contribution in [3.8, 4) is 22.4 Å². The maximum absolute atomic E-state index is 9.28. The number of aromatic nitrogens is 1. The highest BCUT2D eigenvalue weighted by Gasteiger charge is 2.07. The molecule has 3 nitrogen and oxygen atoms in total.